The van der Waals surface area contributed by atoms with Gasteiger partial charge in [0, 0.05) is 38.9 Å². The molecule has 0 unspecified atom stereocenters. The molecular formula is C30H54N4O4S. The number of hydrogen-bond donors (Lipinski definition) is 1. The van der Waals surface area contributed by atoms with Crippen molar-refractivity contribution in [3.05, 3.63) is 23.9 Å². The maximum Gasteiger partial charge on any atom is 0.264 e. The maximum absolute atomic E-state index is 12.4. The smallest absolute Gasteiger partial charge is 0.264 e. The van der Waals surface area contributed by atoms with Gasteiger partial charge in [-0.2, -0.15) is 8.42 Å². The van der Waals surface area contributed by atoms with Gasteiger partial charge in [-0.25, -0.2) is 4.98 Å². The van der Waals surface area contributed by atoms with Crippen molar-refractivity contribution in [3.63, 3.8) is 0 Å². The van der Waals surface area contributed by atoms with Gasteiger partial charge < -0.3 is 15.1 Å². The van der Waals surface area contributed by atoms with Crippen LogP contribution >= 0.6 is 0 Å². The third-order valence-corrected chi connectivity index (χ3v) is 8.09. The number of anilines is 1. The van der Waals surface area contributed by atoms with Gasteiger partial charge in [-0.05, 0) is 32.0 Å². The molecule has 2 rings (SSSR count). The Morgan fingerprint density at radius 1 is 0.795 bits per heavy atom. The van der Waals surface area contributed by atoms with Crippen LogP contribution in [0.1, 0.15) is 113 Å². The summed E-state index contributed by atoms with van der Waals surface area (Å²) in [5.41, 5.74) is 0.641. The van der Waals surface area contributed by atoms with E-state index in [4.69, 9.17) is 4.18 Å². The SMILES string of the molecule is CN1CCN(c2ccc(C(=O)NCCCCCCCCCCCCCCCCCCOS(C)(=O)=O)cn2)CC1. The van der Waals surface area contributed by atoms with Crippen LogP contribution in [0.4, 0.5) is 5.82 Å². The normalized spacial score (nSPS) is 14.6. The second-order valence-electron chi connectivity index (χ2n) is 11.1. The van der Waals surface area contributed by atoms with Gasteiger partial charge in [0.1, 0.15) is 5.82 Å². The highest BCUT2D eigenvalue weighted by atomic mass is 32.2. The van der Waals surface area contributed by atoms with Crippen LogP contribution in [-0.2, 0) is 14.3 Å². The molecule has 1 aromatic rings. The van der Waals surface area contributed by atoms with E-state index in [-0.39, 0.29) is 5.91 Å². The van der Waals surface area contributed by atoms with Gasteiger partial charge in [0.05, 0.1) is 18.4 Å². The predicted molar refractivity (Wildman–Crippen MR) is 161 cm³/mol. The molecule has 1 aliphatic heterocycles. The molecule has 1 N–H and O–H groups in total. The first-order chi connectivity index (χ1) is 18.8. The third-order valence-electron chi connectivity index (χ3n) is 7.49. The van der Waals surface area contributed by atoms with Crippen molar-refractivity contribution < 1.29 is 17.4 Å². The maximum atomic E-state index is 12.4. The summed E-state index contributed by atoms with van der Waals surface area (Å²) in [5.74, 6) is 0.935. The van der Waals surface area contributed by atoms with Crippen LogP contribution in [0.5, 0.6) is 0 Å². The van der Waals surface area contributed by atoms with Gasteiger partial charge in [0.2, 0.25) is 0 Å². The van der Waals surface area contributed by atoms with Gasteiger partial charge >= 0.3 is 0 Å². The van der Waals surface area contributed by atoms with E-state index in [1.165, 1.54) is 83.5 Å². The van der Waals surface area contributed by atoms with Crippen LogP contribution in [0.15, 0.2) is 18.3 Å². The standard InChI is InChI=1S/C30H54N4O4S/c1-33-22-24-34(25-23-33)29-20-19-28(27-32-29)30(35)31-21-17-15-13-11-9-7-5-3-4-6-8-10-12-14-16-18-26-38-39(2,36)37/h19-20,27H,3-18,21-26H2,1-2H3,(H,31,35). The summed E-state index contributed by atoms with van der Waals surface area (Å²) in [6.07, 6.45) is 22.5. The van der Waals surface area contributed by atoms with Crippen LogP contribution in [0.25, 0.3) is 0 Å². The Balaban J connectivity index is 1.32. The summed E-state index contributed by atoms with van der Waals surface area (Å²) in [7, 11) is -1.14. The van der Waals surface area contributed by atoms with Gasteiger partial charge in [-0.1, -0.05) is 89.9 Å². The topological polar surface area (TPSA) is 91.8 Å². The Labute approximate surface area is 238 Å². The molecule has 0 aliphatic carbocycles. The average Bonchev–Trinajstić information content (AvgIpc) is 2.91. The Kier molecular flexibility index (Phi) is 17.4. The van der Waals surface area contributed by atoms with E-state index in [1.807, 2.05) is 12.1 Å². The fourth-order valence-corrected chi connectivity index (χ4v) is 5.38. The summed E-state index contributed by atoms with van der Waals surface area (Å²) in [6.45, 7) is 5.10. The number of carbonyl (C=O) groups excluding carboxylic acids is 1. The van der Waals surface area contributed by atoms with Gasteiger partial charge in [0.25, 0.3) is 16.0 Å². The third kappa shape index (κ3) is 16.9. The van der Waals surface area contributed by atoms with Gasteiger partial charge in [-0.3, -0.25) is 8.98 Å². The summed E-state index contributed by atoms with van der Waals surface area (Å²) in [4.78, 5) is 21.5. The Morgan fingerprint density at radius 2 is 1.28 bits per heavy atom. The van der Waals surface area contributed by atoms with Crippen molar-refractivity contribution in [2.24, 2.45) is 0 Å². The number of hydrogen-bond acceptors (Lipinski definition) is 7. The summed E-state index contributed by atoms with van der Waals surface area (Å²) < 4.78 is 26.5. The molecule has 224 valence electrons. The number of aromatic nitrogens is 1. The molecule has 0 radical (unpaired) electrons. The van der Waals surface area contributed by atoms with Crippen molar-refractivity contribution in [2.75, 3.05) is 57.5 Å². The number of nitrogens with zero attached hydrogens (tertiary/aromatic N) is 3. The van der Waals surface area contributed by atoms with E-state index < -0.39 is 10.1 Å². The number of pyridine rings is 1. The minimum absolute atomic E-state index is 0.0236. The zero-order valence-electron chi connectivity index (χ0n) is 24.7. The lowest BCUT2D eigenvalue weighted by Crippen LogP contribution is -2.44. The molecule has 0 aromatic carbocycles. The molecule has 1 amide bonds. The molecule has 9 heteroatoms. The second kappa shape index (κ2) is 20.2. The zero-order chi connectivity index (χ0) is 28.2. The van der Waals surface area contributed by atoms with Crippen LogP contribution < -0.4 is 10.2 Å². The van der Waals surface area contributed by atoms with Crippen LogP contribution in [0.2, 0.25) is 0 Å². The molecule has 1 fully saturated rings. The number of unbranched alkanes of at least 4 members (excludes halogenated alkanes) is 15. The van der Waals surface area contributed by atoms with E-state index in [2.05, 4.69) is 27.1 Å². The van der Waals surface area contributed by atoms with Crippen LogP contribution in [0, 0.1) is 0 Å². The van der Waals surface area contributed by atoms with Crippen molar-refractivity contribution >= 4 is 21.8 Å². The van der Waals surface area contributed by atoms with Gasteiger partial charge in [-0.15, -0.1) is 0 Å². The van der Waals surface area contributed by atoms with Crippen LogP contribution in [-0.4, -0.2) is 76.8 Å². The first-order valence-electron chi connectivity index (χ1n) is 15.4. The minimum atomic E-state index is -3.28. The first-order valence-corrected chi connectivity index (χ1v) is 17.2. The fraction of sp³-hybridized carbons (Fsp3) is 0.800. The summed E-state index contributed by atoms with van der Waals surface area (Å²) >= 11 is 0. The Morgan fingerprint density at radius 3 is 1.74 bits per heavy atom. The number of carbonyl (C=O) groups is 1. The Bertz CT molecular complexity index is 871. The number of amides is 1. The lowest BCUT2D eigenvalue weighted by molar-refractivity contribution is 0.0952. The van der Waals surface area contributed by atoms with E-state index in [1.54, 1.807) is 6.20 Å². The monoisotopic (exact) mass is 566 g/mol. The summed E-state index contributed by atoms with van der Waals surface area (Å²) in [6, 6.07) is 3.86. The molecule has 0 saturated carbocycles. The largest absolute Gasteiger partial charge is 0.354 e. The highest BCUT2D eigenvalue weighted by Gasteiger charge is 2.15. The molecule has 8 nitrogen and oxygen atoms in total. The molecule has 1 aromatic heterocycles. The average molecular weight is 567 g/mol. The molecule has 0 spiro atoms. The van der Waals surface area contributed by atoms with Crippen molar-refractivity contribution in [1.82, 2.24) is 15.2 Å². The highest BCUT2D eigenvalue weighted by molar-refractivity contribution is 7.85. The van der Waals surface area contributed by atoms with Crippen molar-refractivity contribution in [1.29, 1.82) is 0 Å². The molecule has 0 bridgehead atoms. The highest BCUT2D eigenvalue weighted by Crippen LogP contribution is 2.15. The lowest BCUT2D eigenvalue weighted by Gasteiger charge is -2.33. The predicted octanol–water partition coefficient (Wildman–Crippen LogP) is 5.78. The van der Waals surface area contributed by atoms with Gasteiger partial charge in [0.15, 0.2) is 0 Å². The Hall–Kier alpha value is -1.71. The minimum Gasteiger partial charge on any atom is -0.354 e. The molecule has 2 heterocycles. The van der Waals surface area contributed by atoms with Crippen molar-refractivity contribution in [3.8, 4) is 0 Å². The molecule has 0 atom stereocenters. The molecule has 1 aliphatic rings. The van der Waals surface area contributed by atoms with E-state index in [9.17, 15) is 13.2 Å². The van der Waals surface area contributed by atoms with E-state index in [0.717, 1.165) is 64.1 Å². The van der Waals surface area contributed by atoms with Crippen LogP contribution in [0.3, 0.4) is 0 Å². The lowest BCUT2D eigenvalue weighted by atomic mass is 10.0. The molecule has 1 saturated heterocycles. The van der Waals surface area contributed by atoms with Crippen molar-refractivity contribution in [2.45, 2.75) is 103 Å². The first kappa shape index (κ1) is 33.5. The zero-order valence-corrected chi connectivity index (χ0v) is 25.5. The van der Waals surface area contributed by atoms with E-state index in [0.29, 0.717) is 12.2 Å². The number of likely N-dealkylation sites (N-methyl/N-ethyl adjacent to an activating group) is 1. The number of rotatable bonds is 22. The second-order valence-corrected chi connectivity index (χ2v) is 12.8. The fourth-order valence-electron chi connectivity index (χ4n) is 4.96. The van der Waals surface area contributed by atoms with E-state index >= 15 is 0 Å². The summed E-state index contributed by atoms with van der Waals surface area (Å²) in [5, 5.41) is 3.04. The number of piperazine rings is 1. The number of nitrogens with one attached hydrogen (secondary N) is 1. The molecule has 39 heavy (non-hydrogen) atoms. The molecular weight excluding hydrogens is 512 g/mol. The quantitative estimate of drug-likeness (QED) is 0.140.